The van der Waals surface area contributed by atoms with Crippen molar-refractivity contribution in [2.75, 3.05) is 19.8 Å². The minimum atomic E-state index is -1.51. The predicted octanol–water partition coefficient (Wildman–Crippen LogP) is 10.9. The van der Waals surface area contributed by atoms with Gasteiger partial charge in [0.2, 0.25) is 0 Å². The number of carbonyl (C=O) groups is 7. The Morgan fingerprint density at radius 3 is 1.23 bits per heavy atom. The summed E-state index contributed by atoms with van der Waals surface area (Å²) in [6, 6.07) is 21.4. The van der Waals surface area contributed by atoms with Crippen LogP contribution in [0.5, 0.6) is 0 Å². The second-order valence-electron chi connectivity index (χ2n) is 21.1. The van der Waals surface area contributed by atoms with Crippen LogP contribution < -0.4 is 5.32 Å². The van der Waals surface area contributed by atoms with Gasteiger partial charge in [-0.2, -0.15) is 0 Å². The lowest BCUT2D eigenvalue weighted by atomic mass is 9.86. The number of aromatic nitrogens is 3. The van der Waals surface area contributed by atoms with E-state index in [0.29, 0.717) is 44.0 Å². The van der Waals surface area contributed by atoms with Gasteiger partial charge in [-0.15, -0.1) is 0 Å². The lowest BCUT2D eigenvalue weighted by molar-refractivity contribution is -0.164. The van der Waals surface area contributed by atoms with Crippen LogP contribution in [0.4, 0.5) is 14.4 Å². The van der Waals surface area contributed by atoms with Crippen molar-refractivity contribution < 1.29 is 62.0 Å². The van der Waals surface area contributed by atoms with Crippen molar-refractivity contribution in [3.05, 3.63) is 126 Å². The van der Waals surface area contributed by atoms with Crippen LogP contribution in [-0.4, -0.2) is 98.5 Å². The van der Waals surface area contributed by atoms with E-state index in [2.05, 4.69) is 5.32 Å². The first-order valence-corrected chi connectivity index (χ1v) is 24.1. The van der Waals surface area contributed by atoms with Crippen LogP contribution >= 0.6 is 0 Å². The first-order valence-electron chi connectivity index (χ1n) is 24.1. The van der Waals surface area contributed by atoms with Gasteiger partial charge in [0.1, 0.15) is 23.4 Å². The molecule has 3 heterocycles. The number of amides is 1. The van der Waals surface area contributed by atoms with Crippen LogP contribution in [0.3, 0.4) is 0 Å². The van der Waals surface area contributed by atoms with E-state index < -0.39 is 70.4 Å². The molecule has 0 radical (unpaired) electrons. The van der Waals surface area contributed by atoms with E-state index in [1.165, 1.54) is 50.3 Å². The maximum Gasteiger partial charge on any atom is 0.419 e. The van der Waals surface area contributed by atoms with Gasteiger partial charge in [-0.05, 0) is 105 Å². The molecule has 74 heavy (non-hydrogen) atoms. The lowest BCUT2D eigenvalue weighted by Gasteiger charge is -2.31. The normalized spacial score (nSPS) is 12.9. The third-order valence-corrected chi connectivity index (χ3v) is 10.8. The van der Waals surface area contributed by atoms with Gasteiger partial charge in [0.15, 0.2) is 6.10 Å². The van der Waals surface area contributed by atoms with Gasteiger partial charge in [0, 0.05) is 81.6 Å². The predicted molar refractivity (Wildman–Crippen MR) is 281 cm³/mol. The molecule has 0 aliphatic rings. The molecule has 0 bridgehead atoms. The molecule has 1 N–H and O–H groups in total. The molecule has 3 aromatic carbocycles. The van der Waals surface area contributed by atoms with Crippen molar-refractivity contribution in [1.82, 2.24) is 19.0 Å². The number of nitrogens with zero attached hydrogens (tertiary/aromatic N) is 3. The average molecular weight is 1010 g/mol. The summed E-state index contributed by atoms with van der Waals surface area (Å²) < 4.78 is 37.7. The zero-order valence-electron chi connectivity index (χ0n) is 43.7. The van der Waals surface area contributed by atoms with Gasteiger partial charge in [-0.25, -0.2) is 28.8 Å². The molecule has 1 atom stereocenters. The summed E-state index contributed by atoms with van der Waals surface area (Å²) >= 11 is 0. The molecule has 1 amide bonds. The molecular formula is C57H64N4O13. The molecule has 17 heteroatoms. The molecule has 0 fully saturated rings. The largest absolute Gasteiger partial charge is 0.462 e. The Hall–Kier alpha value is -8.21. The Balaban J connectivity index is 1.13. The van der Waals surface area contributed by atoms with Crippen LogP contribution in [0.2, 0.25) is 0 Å². The van der Waals surface area contributed by atoms with E-state index in [-0.39, 0.29) is 26.2 Å². The second kappa shape index (κ2) is 22.7. The highest BCUT2D eigenvalue weighted by atomic mass is 16.6. The summed E-state index contributed by atoms with van der Waals surface area (Å²) in [4.78, 5) is 92.7. The van der Waals surface area contributed by atoms with Gasteiger partial charge in [-0.1, -0.05) is 68.4 Å². The van der Waals surface area contributed by atoms with Crippen LogP contribution in [0.25, 0.3) is 50.9 Å². The summed E-state index contributed by atoms with van der Waals surface area (Å²) in [5, 5.41) is 4.79. The minimum Gasteiger partial charge on any atom is -0.462 e. The Bertz CT molecular complexity index is 3180. The van der Waals surface area contributed by atoms with Gasteiger partial charge in [0.05, 0.1) is 23.2 Å². The van der Waals surface area contributed by atoms with Gasteiger partial charge in [0.25, 0.3) is 5.91 Å². The van der Waals surface area contributed by atoms with Crippen molar-refractivity contribution >= 4 is 93.0 Å². The van der Waals surface area contributed by atoms with E-state index in [1.54, 1.807) is 149 Å². The molecule has 390 valence electrons. The number of hydrogen-bond acceptors (Lipinski definition) is 13. The third kappa shape index (κ3) is 14.7. The van der Waals surface area contributed by atoms with E-state index in [9.17, 15) is 33.6 Å². The van der Waals surface area contributed by atoms with Crippen molar-refractivity contribution in [1.29, 1.82) is 0 Å². The van der Waals surface area contributed by atoms with E-state index in [1.807, 2.05) is 12.1 Å². The first-order chi connectivity index (χ1) is 34.7. The standard InChI is InChI=1S/C57H64N4O13/c1-54(2,3)72-51(66)59-33-37(40-19-12-15-22-43(40)59)25-28-46(62)69-32-18-31-58-50(65)49(71-48(64)30-27-39-35-61(53(68)74-56(7,8)9)45-24-17-14-21-42(39)45)57(10,11)36-70-47(63)29-26-38-34-60(52(67)73-55(4,5)6)44-23-16-13-20-41(38)44/h12-17,19-30,33-35,49H,18,31-32,36H2,1-11H3,(H,58,65)/b28-25+,29-26+,30-27+. The van der Waals surface area contributed by atoms with Crippen molar-refractivity contribution in [3.8, 4) is 0 Å². The monoisotopic (exact) mass is 1010 g/mol. The average Bonchev–Trinajstić information content (AvgIpc) is 4.01. The Morgan fingerprint density at radius 1 is 0.500 bits per heavy atom. The molecule has 6 rings (SSSR count). The molecule has 3 aromatic heterocycles. The van der Waals surface area contributed by atoms with Crippen LogP contribution in [0.1, 0.15) is 99.3 Å². The van der Waals surface area contributed by atoms with E-state index >= 15 is 0 Å². The Labute approximate surface area is 429 Å². The molecule has 0 saturated carbocycles. The van der Waals surface area contributed by atoms with Crippen LogP contribution in [0.15, 0.2) is 110 Å². The molecule has 0 spiro atoms. The zero-order valence-corrected chi connectivity index (χ0v) is 43.7. The Kier molecular flexibility index (Phi) is 16.9. The summed E-state index contributed by atoms with van der Waals surface area (Å²) in [6.45, 7) is 18.6. The lowest BCUT2D eigenvalue weighted by Crippen LogP contribution is -2.49. The molecule has 6 aromatic rings. The molecule has 1 unspecified atom stereocenters. The van der Waals surface area contributed by atoms with Crippen molar-refractivity contribution in [3.63, 3.8) is 0 Å². The summed E-state index contributed by atoms with van der Waals surface area (Å²) in [6.07, 6.45) is 9.62. The fourth-order valence-corrected chi connectivity index (χ4v) is 7.58. The molecule has 17 nitrogen and oxygen atoms in total. The van der Waals surface area contributed by atoms with Crippen LogP contribution in [-0.2, 0) is 47.6 Å². The first kappa shape index (κ1) is 55.1. The second-order valence-corrected chi connectivity index (χ2v) is 21.1. The van der Waals surface area contributed by atoms with Crippen molar-refractivity contribution in [2.24, 2.45) is 5.41 Å². The maximum atomic E-state index is 14.0. The minimum absolute atomic E-state index is 0.00275. The van der Waals surface area contributed by atoms with E-state index in [4.69, 9.17) is 28.4 Å². The number of ether oxygens (including phenoxy) is 6. The van der Waals surface area contributed by atoms with Gasteiger partial charge < -0.3 is 33.7 Å². The number of carbonyl (C=O) groups excluding carboxylic acids is 7. The number of fused-ring (bicyclic) bond motifs is 3. The maximum absolute atomic E-state index is 14.0. The SMILES string of the molecule is CC(C)(C)OC(=O)n1cc(/C=C/C(=O)OCCCNC(=O)C(OC(=O)/C=C/c2cn(C(=O)OC(C)(C)C)c3ccccc23)C(C)(C)COC(=O)/C=C/c2cn(C(=O)OC(C)(C)C)c3ccccc23)c2ccccc21. The summed E-state index contributed by atoms with van der Waals surface area (Å²) in [7, 11) is 0. The van der Waals surface area contributed by atoms with Crippen LogP contribution in [0, 0.1) is 5.41 Å². The number of nitrogens with one attached hydrogen (secondary N) is 1. The smallest absolute Gasteiger partial charge is 0.419 e. The van der Waals surface area contributed by atoms with Gasteiger partial charge in [-0.3, -0.25) is 18.5 Å². The number of rotatable bonds is 15. The molecular weight excluding hydrogens is 949 g/mol. The van der Waals surface area contributed by atoms with E-state index in [0.717, 1.165) is 11.5 Å². The number of benzene rings is 3. The fourth-order valence-electron chi connectivity index (χ4n) is 7.58. The molecule has 0 aliphatic heterocycles. The van der Waals surface area contributed by atoms with Gasteiger partial charge >= 0.3 is 36.2 Å². The quantitative estimate of drug-likeness (QED) is 0.0441. The molecule has 0 saturated heterocycles. The number of hydrogen-bond donors (Lipinski definition) is 1. The highest BCUT2D eigenvalue weighted by molar-refractivity contribution is 6.01. The summed E-state index contributed by atoms with van der Waals surface area (Å²) in [5.41, 5.74) is -0.199. The zero-order chi connectivity index (χ0) is 54.2. The Morgan fingerprint density at radius 2 is 0.851 bits per heavy atom. The fraction of sp³-hybridized carbons (Fsp3) is 0.351. The topological polar surface area (TPSA) is 202 Å². The van der Waals surface area contributed by atoms with Crippen molar-refractivity contribution in [2.45, 2.75) is 105 Å². The highest BCUT2D eigenvalue weighted by Gasteiger charge is 2.39. The number of esters is 3. The highest BCUT2D eigenvalue weighted by Crippen LogP contribution is 2.29. The summed E-state index contributed by atoms with van der Waals surface area (Å²) in [5.74, 6) is -3.06. The number of para-hydroxylation sites is 3. The molecule has 0 aliphatic carbocycles. The third-order valence-electron chi connectivity index (χ3n) is 10.8.